The molecule has 0 N–H and O–H groups in total. The van der Waals surface area contributed by atoms with Gasteiger partial charge in [0.15, 0.2) is 10.7 Å². The second-order valence-corrected chi connectivity index (χ2v) is 8.83. The third-order valence-electron chi connectivity index (χ3n) is 6.06. The zero-order chi connectivity index (χ0) is 20.2. The Kier molecular flexibility index (Phi) is 6.31. The van der Waals surface area contributed by atoms with Crippen LogP contribution in [0.3, 0.4) is 0 Å². The van der Waals surface area contributed by atoms with Crippen molar-refractivity contribution in [2.24, 2.45) is 0 Å². The van der Waals surface area contributed by atoms with Crippen LogP contribution in [0, 0.1) is 0 Å². The van der Waals surface area contributed by atoms with E-state index in [2.05, 4.69) is 28.4 Å². The molecule has 0 spiro atoms. The third kappa shape index (κ3) is 4.38. The van der Waals surface area contributed by atoms with Crippen molar-refractivity contribution in [1.29, 1.82) is 0 Å². The minimum Gasteiger partial charge on any atom is -0.340 e. The van der Waals surface area contributed by atoms with Crippen LogP contribution in [0.2, 0.25) is 0 Å². The number of rotatable bonds is 7. The number of carbonyl (C=O) groups excluding carboxylic acids is 1. The molecule has 29 heavy (non-hydrogen) atoms. The summed E-state index contributed by atoms with van der Waals surface area (Å²) < 4.78 is 2.12. The van der Waals surface area contributed by atoms with E-state index in [1.165, 1.54) is 24.8 Å². The van der Waals surface area contributed by atoms with E-state index in [1.807, 2.05) is 41.7 Å². The molecule has 5 nitrogen and oxygen atoms in total. The highest BCUT2D eigenvalue weighted by molar-refractivity contribution is 7.15. The Morgan fingerprint density at radius 2 is 2.10 bits per heavy atom. The monoisotopic (exact) mass is 410 g/mol. The lowest BCUT2D eigenvalue weighted by molar-refractivity contribution is 0.0786. The number of likely N-dealkylation sites (tertiary alicyclic amines) is 1. The Morgan fingerprint density at radius 3 is 2.90 bits per heavy atom. The van der Waals surface area contributed by atoms with Crippen molar-refractivity contribution in [2.75, 3.05) is 20.1 Å². The van der Waals surface area contributed by atoms with Crippen LogP contribution in [0.1, 0.15) is 54.4 Å². The molecule has 3 aromatic rings. The molecule has 1 aromatic carbocycles. The molecule has 6 heteroatoms. The van der Waals surface area contributed by atoms with E-state index in [9.17, 15) is 4.79 Å². The Labute approximate surface area is 177 Å². The summed E-state index contributed by atoms with van der Waals surface area (Å²) >= 11 is 1.59. The summed E-state index contributed by atoms with van der Waals surface area (Å²) in [5, 5.41) is 2.05. The highest BCUT2D eigenvalue weighted by Gasteiger charge is 2.27. The fourth-order valence-electron chi connectivity index (χ4n) is 4.30. The Hall–Kier alpha value is -2.18. The first-order valence-electron chi connectivity index (χ1n) is 10.6. The van der Waals surface area contributed by atoms with Crippen molar-refractivity contribution < 1.29 is 4.79 Å². The number of amides is 1. The molecular formula is C23H30N4OS. The van der Waals surface area contributed by atoms with Crippen LogP contribution in [0.5, 0.6) is 0 Å². The maximum atomic E-state index is 13.3. The van der Waals surface area contributed by atoms with E-state index in [4.69, 9.17) is 4.98 Å². The molecule has 1 unspecified atom stereocenters. The van der Waals surface area contributed by atoms with Crippen molar-refractivity contribution in [3.63, 3.8) is 0 Å². The SMILES string of the molecule is CCC1CCCCN1Cc1c(C(=O)N(C)CCc2ccccc2)nc2sccn12. The molecule has 2 aromatic heterocycles. The number of imidazole rings is 1. The van der Waals surface area contributed by atoms with Gasteiger partial charge in [0.1, 0.15) is 0 Å². The Balaban J connectivity index is 1.54. The van der Waals surface area contributed by atoms with Crippen LogP contribution in [0.25, 0.3) is 4.96 Å². The summed E-state index contributed by atoms with van der Waals surface area (Å²) in [5.74, 6) is 0.0249. The van der Waals surface area contributed by atoms with Gasteiger partial charge in [0.25, 0.3) is 5.91 Å². The standard InChI is InChI=1S/C23H30N4OS/c1-3-19-11-7-8-13-26(19)17-20-21(24-23-27(20)15-16-29-23)22(28)25(2)14-12-18-9-5-4-6-10-18/h4-6,9-10,15-16,19H,3,7-8,11-14,17H2,1-2H3. The Bertz CT molecular complexity index is 948. The van der Waals surface area contributed by atoms with E-state index in [0.29, 0.717) is 18.3 Å². The topological polar surface area (TPSA) is 40.9 Å². The molecule has 1 fully saturated rings. The van der Waals surface area contributed by atoms with Crippen molar-refractivity contribution >= 4 is 22.2 Å². The molecule has 4 rings (SSSR count). The number of thiazole rings is 1. The number of fused-ring (bicyclic) bond motifs is 1. The van der Waals surface area contributed by atoms with Crippen LogP contribution in [-0.2, 0) is 13.0 Å². The van der Waals surface area contributed by atoms with Crippen LogP contribution in [0.4, 0.5) is 0 Å². The number of aromatic nitrogens is 2. The zero-order valence-corrected chi connectivity index (χ0v) is 18.2. The first-order valence-corrected chi connectivity index (χ1v) is 11.5. The van der Waals surface area contributed by atoms with Crippen molar-refractivity contribution in [2.45, 2.75) is 51.6 Å². The van der Waals surface area contributed by atoms with E-state index in [0.717, 1.165) is 36.6 Å². The highest BCUT2D eigenvalue weighted by Crippen LogP contribution is 2.25. The average Bonchev–Trinajstić information content (AvgIpc) is 3.35. The summed E-state index contributed by atoms with van der Waals surface area (Å²) in [5.41, 5.74) is 2.91. The number of carbonyl (C=O) groups is 1. The van der Waals surface area contributed by atoms with Crippen molar-refractivity contribution in [1.82, 2.24) is 19.2 Å². The second-order valence-electron chi connectivity index (χ2n) is 7.95. The number of nitrogens with zero attached hydrogens (tertiary/aromatic N) is 4. The van der Waals surface area contributed by atoms with Gasteiger partial charge in [-0.1, -0.05) is 43.7 Å². The van der Waals surface area contributed by atoms with E-state index < -0.39 is 0 Å². The summed E-state index contributed by atoms with van der Waals surface area (Å²) in [6.07, 6.45) is 7.86. The highest BCUT2D eigenvalue weighted by atomic mass is 32.1. The van der Waals surface area contributed by atoms with Gasteiger partial charge in [-0.05, 0) is 37.8 Å². The number of benzene rings is 1. The van der Waals surface area contributed by atoms with Crippen LogP contribution < -0.4 is 0 Å². The minimum atomic E-state index is 0.0249. The lowest BCUT2D eigenvalue weighted by Crippen LogP contribution is -2.39. The number of piperidine rings is 1. The molecule has 0 bridgehead atoms. The van der Waals surface area contributed by atoms with E-state index in [1.54, 1.807) is 11.3 Å². The lowest BCUT2D eigenvalue weighted by Gasteiger charge is -2.35. The van der Waals surface area contributed by atoms with Crippen molar-refractivity contribution in [3.8, 4) is 0 Å². The average molecular weight is 411 g/mol. The second kappa shape index (κ2) is 9.09. The summed E-state index contributed by atoms with van der Waals surface area (Å²) in [4.78, 5) is 23.3. The van der Waals surface area contributed by atoms with E-state index >= 15 is 0 Å². The summed E-state index contributed by atoms with van der Waals surface area (Å²) in [6.45, 7) is 4.86. The van der Waals surface area contributed by atoms with Gasteiger partial charge >= 0.3 is 0 Å². The molecule has 1 amide bonds. The maximum Gasteiger partial charge on any atom is 0.274 e. The van der Waals surface area contributed by atoms with Gasteiger partial charge in [-0.3, -0.25) is 14.1 Å². The van der Waals surface area contributed by atoms with Gasteiger partial charge in [-0.15, -0.1) is 11.3 Å². The molecule has 1 saturated heterocycles. The largest absolute Gasteiger partial charge is 0.340 e. The molecule has 0 saturated carbocycles. The summed E-state index contributed by atoms with van der Waals surface area (Å²) in [7, 11) is 1.89. The van der Waals surface area contributed by atoms with Crippen LogP contribution in [0.15, 0.2) is 41.9 Å². The summed E-state index contributed by atoms with van der Waals surface area (Å²) in [6, 6.07) is 10.9. The molecule has 3 heterocycles. The van der Waals surface area contributed by atoms with Gasteiger partial charge in [0.05, 0.1) is 5.69 Å². The maximum absolute atomic E-state index is 13.3. The van der Waals surface area contributed by atoms with Gasteiger partial charge < -0.3 is 4.90 Å². The fourth-order valence-corrected chi connectivity index (χ4v) is 5.03. The van der Waals surface area contributed by atoms with E-state index in [-0.39, 0.29) is 5.91 Å². The molecule has 1 aliphatic heterocycles. The lowest BCUT2D eigenvalue weighted by atomic mass is 9.99. The quantitative estimate of drug-likeness (QED) is 0.577. The van der Waals surface area contributed by atoms with Crippen molar-refractivity contribution in [3.05, 3.63) is 58.9 Å². The molecule has 154 valence electrons. The Morgan fingerprint density at radius 1 is 1.28 bits per heavy atom. The van der Waals surface area contributed by atoms with Gasteiger partial charge in [0, 0.05) is 37.8 Å². The van der Waals surface area contributed by atoms with Gasteiger partial charge in [0.2, 0.25) is 0 Å². The molecule has 1 aliphatic rings. The predicted octanol–water partition coefficient (Wildman–Crippen LogP) is 4.48. The first-order chi connectivity index (χ1) is 14.2. The minimum absolute atomic E-state index is 0.0249. The van der Waals surface area contributed by atoms with Crippen LogP contribution in [-0.4, -0.2) is 51.3 Å². The van der Waals surface area contributed by atoms with Crippen LogP contribution >= 0.6 is 11.3 Å². The number of likely N-dealkylation sites (N-methyl/N-ethyl adjacent to an activating group) is 1. The first kappa shape index (κ1) is 20.1. The molecular weight excluding hydrogens is 380 g/mol. The zero-order valence-electron chi connectivity index (χ0n) is 17.4. The number of hydrogen-bond acceptors (Lipinski definition) is 4. The van der Waals surface area contributed by atoms with Gasteiger partial charge in [-0.25, -0.2) is 4.98 Å². The third-order valence-corrected chi connectivity index (χ3v) is 6.82. The fraction of sp³-hybridized carbons (Fsp3) is 0.478. The van der Waals surface area contributed by atoms with Gasteiger partial charge in [-0.2, -0.15) is 0 Å². The smallest absolute Gasteiger partial charge is 0.274 e. The predicted molar refractivity (Wildman–Crippen MR) is 119 cm³/mol. The number of hydrogen-bond donors (Lipinski definition) is 0. The molecule has 0 aliphatic carbocycles. The molecule has 0 radical (unpaired) electrons. The molecule has 1 atom stereocenters. The normalized spacial score (nSPS) is 17.7.